The van der Waals surface area contributed by atoms with Gasteiger partial charge in [0.25, 0.3) is 0 Å². The van der Waals surface area contributed by atoms with Crippen molar-refractivity contribution in [1.29, 1.82) is 0 Å². The Morgan fingerprint density at radius 1 is 1.35 bits per heavy atom. The summed E-state index contributed by atoms with van der Waals surface area (Å²) in [6.45, 7) is 5.22. The van der Waals surface area contributed by atoms with Crippen LogP contribution in [0.2, 0.25) is 0 Å². The molecule has 0 saturated heterocycles. The van der Waals surface area contributed by atoms with E-state index in [1.54, 1.807) is 0 Å². The van der Waals surface area contributed by atoms with Gasteiger partial charge in [0.1, 0.15) is 0 Å². The van der Waals surface area contributed by atoms with E-state index in [2.05, 4.69) is 79.5 Å². The van der Waals surface area contributed by atoms with Crippen molar-refractivity contribution in [3.63, 3.8) is 0 Å². The van der Waals surface area contributed by atoms with Crippen molar-refractivity contribution in [2.24, 2.45) is 7.05 Å². The Morgan fingerprint density at radius 2 is 2.10 bits per heavy atom. The van der Waals surface area contributed by atoms with Crippen molar-refractivity contribution in [1.82, 2.24) is 20.3 Å². The maximum Gasteiger partial charge on any atom is 0.153 e. The molecule has 1 aromatic heterocycles. The largest absolute Gasteiger partial charge is 0.305 e. The van der Waals surface area contributed by atoms with E-state index in [1.807, 2.05) is 11.7 Å². The highest BCUT2D eigenvalue weighted by Gasteiger charge is 2.23. The van der Waals surface area contributed by atoms with Crippen molar-refractivity contribution in [2.75, 3.05) is 6.54 Å². The van der Waals surface area contributed by atoms with Gasteiger partial charge in [-0.25, -0.2) is 4.68 Å². The number of benzene rings is 1. The molecule has 2 aromatic rings. The summed E-state index contributed by atoms with van der Waals surface area (Å²) in [4.78, 5) is 0. The van der Waals surface area contributed by atoms with Gasteiger partial charge in [0.2, 0.25) is 0 Å². The van der Waals surface area contributed by atoms with Gasteiger partial charge in [-0.2, -0.15) is 0 Å². The van der Waals surface area contributed by atoms with Gasteiger partial charge in [-0.1, -0.05) is 40.2 Å². The lowest BCUT2D eigenvalue weighted by Crippen LogP contribution is -2.26. The lowest BCUT2D eigenvalue weighted by atomic mass is 9.99. The zero-order valence-electron chi connectivity index (χ0n) is 11.8. The van der Waals surface area contributed by atoms with Crippen LogP contribution in [-0.2, 0) is 7.05 Å². The van der Waals surface area contributed by atoms with E-state index in [4.69, 9.17) is 0 Å². The third kappa shape index (κ3) is 3.13. The van der Waals surface area contributed by atoms with E-state index in [1.165, 1.54) is 11.1 Å². The molecule has 0 saturated carbocycles. The number of hydrogen-bond donors (Lipinski definition) is 1. The molecule has 20 heavy (non-hydrogen) atoms. The van der Waals surface area contributed by atoms with Crippen molar-refractivity contribution >= 4 is 31.9 Å². The molecule has 0 radical (unpaired) electrons. The average molecular weight is 402 g/mol. The molecule has 1 aromatic carbocycles. The van der Waals surface area contributed by atoms with Crippen LogP contribution in [0.3, 0.4) is 0 Å². The summed E-state index contributed by atoms with van der Waals surface area (Å²) in [7, 11) is 1.92. The number of halogens is 2. The highest BCUT2D eigenvalue weighted by Crippen LogP contribution is 2.31. The highest BCUT2D eigenvalue weighted by molar-refractivity contribution is 9.10. The molecule has 1 unspecified atom stereocenters. The highest BCUT2D eigenvalue weighted by atomic mass is 79.9. The third-order valence-electron chi connectivity index (χ3n) is 3.32. The van der Waals surface area contributed by atoms with Crippen LogP contribution in [0, 0.1) is 6.92 Å². The first-order chi connectivity index (χ1) is 9.56. The Bertz CT molecular complexity index is 575. The van der Waals surface area contributed by atoms with Gasteiger partial charge in [-0.05, 0) is 53.0 Å². The van der Waals surface area contributed by atoms with E-state index in [0.717, 1.165) is 27.7 Å². The number of hydrogen-bond acceptors (Lipinski definition) is 3. The SMILES string of the molecule is CCCNC(c1cccc(Br)c1C)c1c(Br)nnn1C. The molecule has 4 nitrogen and oxygen atoms in total. The van der Waals surface area contributed by atoms with Crippen molar-refractivity contribution < 1.29 is 0 Å². The van der Waals surface area contributed by atoms with Crippen LogP contribution in [0.15, 0.2) is 27.3 Å². The molecule has 6 heteroatoms. The minimum atomic E-state index is 0.0711. The molecule has 0 aliphatic rings. The fraction of sp³-hybridized carbons (Fsp3) is 0.429. The number of nitrogens with zero attached hydrogens (tertiary/aromatic N) is 3. The van der Waals surface area contributed by atoms with E-state index in [-0.39, 0.29) is 6.04 Å². The molecular formula is C14H18Br2N4. The number of aryl methyl sites for hydroxylation is 1. The Labute approximate surface area is 136 Å². The minimum Gasteiger partial charge on any atom is -0.305 e. The van der Waals surface area contributed by atoms with Gasteiger partial charge >= 0.3 is 0 Å². The quantitative estimate of drug-likeness (QED) is 0.829. The summed E-state index contributed by atoms with van der Waals surface area (Å²) >= 11 is 7.11. The van der Waals surface area contributed by atoms with Crippen molar-refractivity contribution in [2.45, 2.75) is 26.3 Å². The first-order valence-electron chi connectivity index (χ1n) is 6.59. The van der Waals surface area contributed by atoms with Crippen LogP contribution in [0.4, 0.5) is 0 Å². The van der Waals surface area contributed by atoms with Gasteiger partial charge in [0, 0.05) is 11.5 Å². The van der Waals surface area contributed by atoms with Crippen LogP contribution < -0.4 is 5.32 Å². The van der Waals surface area contributed by atoms with Gasteiger partial charge in [0.15, 0.2) is 4.60 Å². The third-order valence-corrected chi connectivity index (χ3v) is 4.74. The van der Waals surface area contributed by atoms with E-state index >= 15 is 0 Å². The smallest absolute Gasteiger partial charge is 0.153 e. The summed E-state index contributed by atoms with van der Waals surface area (Å²) < 4.78 is 3.72. The molecular weight excluding hydrogens is 384 g/mol. The maximum absolute atomic E-state index is 4.10. The number of aromatic nitrogens is 3. The van der Waals surface area contributed by atoms with E-state index in [9.17, 15) is 0 Å². The zero-order chi connectivity index (χ0) is 14.7. The fourth-order valence-electron chi connectivity index (χ4n) is 2.22. The van der Waals surface area contributed by atoms with Crippen molar-refractivity contribution in [3.05, 3.63) is 44.1 Å². The van der Waals surface area contributed by atoms with Gasteiger partial charge < -0.3 is 5.32 Å². The second-order valence-corrected chi connectivity index (χ2v) is 6.34. The molecule has 108 valence electrons. The lowest BCUT2D eigenvalue weighted by Gasteiger charge is -2.21. The van der Waals surface area contributed by atoms with Crippen LogP contribution in [0.25, 0.3) is 0 Å². The molecule has 1 atom stereocenters. The Kier molecular flexibility index (Phi) is 5.35. The maximum atomic E-state index is 4.10. The zero-order valence-corrected chi connectivity index (χ0v) is 15.0. The Balaban J connectivity index is 2.50. The second-order valence-electron chi connectivity index (χ2n) is 4.73. The number of nitrogens with one attached hydrogen (secondary N) is 1. The fourth-order valence-corrected chi connectivity index (χ4v) is 3.16. The first kappa shape index (κ1) is 15.7. The summed E-state index contributed by atoms with van der Waals surface area (Å²) in [5, 5.41) is 11.8. The summed E-state index contributed by atoms with van der Waals surface area (Å²) in [6, 6.07) is 6.34. The normalized spacial score (nSPS) is 12.7. The monoisotopic (exact) mass is 400 g/mol. The number of rotatable bonds is 5. The topological polar surface area (TPSA) is 42.7 Å². The standard InChI is InChI=1S/C14H18Br2N4/c1-4-8-17-12(13-14(16)18-19-20(13)3)10-6-5-7-11(15)9(10)2/h5-7,12,17H,4,8H2,1-3H3. The van der Waals surface area contributed by atoms with Gasteiger partial charge in [0.05, 0.1) is 11.7 Å². The Morgan fingerprint density at radius 3 is 2.70 bits per heavy atom. The summed E-state index contributed by atoms with van der Waals surface area (Å²) in [5.41, 5.74) is 3.51. The lowest BCUT2D eigenvalue weighted by molar-refractivity contribution is 0.547. The summed E-state index contributed by atoms with van der Waals surface area (Å²) in [6.07, 6.45) is 1.08. The van der Waals surface area contributed by atoms with E-state index in [0.29, 0.717) is 0 Å². The second kappa shape index (κ2) is 6.83. The molecule has 0 bridgehead atoms. The molecule has 2 rings (SSSR count). The molecule has 0 amide bonds. The predicted molar refractivity (Wildman–Crippen MR) is 87.7 cm³/mol. The first-order valence-corrected chi connectivity index (χ1v) is 8.18. The van der Waals surface area contributed by atoms with Gasteiger partial charge in [-0.15, -0.1) is 5.10 Å². The predicted octanol–water partition coefficient (Wildman–Crippen LogP) is 3.74. The van der Waals surface area contributed by atoms with Crippen LogP contribution in [-0.4, -0.2) is 21.5 Å². The average Bonchev–Trinajstić information content (AvgIpc) is 2.75. The van der Waals surface area contributed by atoms with Crippen molar-refractivity contribution in [3.8, 4) is 0 Å². The van der Waals surface area contributed by atoms with Crippen LogP contribution in [0.5, 0.6) is 0 Å². The van der Waals surface area contributed by atoms with Crippen LogP contribution in [0.1, 0.15) is 36.2 Å². The van der Waals surface area contributed by atoms with Crippen LogP contribution >= 0.6 is 31.9 Å². The van der Waals surface area contributed by atoms with E-state index < -0.39 is 0 Å². The Hall–Kier alpha value is -0.720. The van der Waals surface area contributed by atoms with Gasteiger partial charge in [-0.3, -0.25) is 0 Å². The molecule has 0 spiro atoms. The summed E-state index contributed by atoms with van der Waals surface area (Å²) in [5.74, 6) is 0. The minimum absolute atomic E-state index is 0.0711. The molecule has 1 N–H and O–H groups in total. The molecule has 0 aliphatic heterocycles. The molecule has 1 heterocycles. The molecule has 0 aliphatic carbocycles. The molecule has 0 fully saturated rings.